The summed E-state index contributed by atoms with van der Waals surface area (Å²) >= 11 is 6.08. The van der Waals surface area contributed by atoms with Crippen LogP contribution >= 0.6 is 11.6 Å². The van der Waals surface area contributed by atoms with Crippen LogP contribution in [0.3, 0.4) is 0 Å². The number of hydrogen-bond acceptors (Lipinski definition) is 3. The van der Waals surface area contributed by atoms with E-state index in [4.69, 9.17) is 22.1 Å². The van der Waals surface area contributed by atoms with E-state index in [1.54, 1.807) is 25.4 Å². The number of benzene rings is 1. The highest BCUT2D eigenvalue weighted by atomic mass is 35.5. The normalized spacial score (nSPS) is 10.6. The molecular formula is C11H11ClN2O. The van der Waals surface area contributed by atoms with Crippen LogP contribution in [0, 0.1) is 0 Å². The first-order valence-corrected chi connectivity index (χ1v) is 4.95. The summed E-state index contributed by atoms with van der Waals surface area (Å²) in [7, 11) is 1.61. The Morgan fingerprint density at radius 1 is 1.47 bits per heavy atom. The third-order valence-electron chi connectivity index (χ3n) is 2.27. The van der Waals surface area contributed by atoms with Crippen molar-refractivity contribution in [2.24, 2.45) is 5.73 Å². The number of halogens is 1. The van der Waals surface area contributed by atoms with Gasteiger partial charge in [-0.25, -0.2) is 0 Å². The Morgan fingerprint density at radius 2 is 2.27 bits per heavy atom. The summed E-state index contributed by atoms with van der Waals surface area (Å²) < 4.78 is 5.20. The Labute approximate surface area is 92.8 Å². The van der Waals surface area contributed by atoms with Gasteiger partial charge in [-0.3, -0.25) is 4.98 Å². The topological polar surface area (TPSA) is 48.1 Å². The van der Waals surface area contributed by atoms with Gasteiger partial charge in [-0.1, -0.05) is 11.6 Å². The van der Waals surface area contributed by atoms with Gasteiger partial charge < -0.3 is 10.5 Å². The average molecular weight is 223 g/mol. The Kier molecular flexibility index (Phi) is 2.75. The van der Waals surface area contributed by atoms with E-state index in [9.17, 15) is 0 Å². The number of rotatable bonds is 2. The van der Waals surface area contributed by atoms with Gasteiger partial charge in [0, 0.05) is 18.1 Å². The van der Waals surface area contributed by atoms with E-state index in [-0.39, 0.29) is 0 Å². The van der Waals surface area contributed by atoms with Gasteiger partial charge >= 0.3 is 0 Å². The highest BCUT2D eigenvalue weighted by molar-refractivity contribution is 6.35. The van der Waals surface area contributed by atoms with Crippen molar-refractivity contribution in [3.05, 3.63) is 35.0 Å². The number of aromatic nitrogens is 1. The van der Waals surface area contributed by atoms with Crippen LogP contribution in [0.2, 0.25) is 5.02 Å². The summed E-state index contributed by atoms with van der Waals surface area (Å²) in [5.41, 5.74) is 7.27. The smallest absolute Gasteiger partial charge is 0.145 e. The zero-order valence-corrected chi connectivity index (χ0v) is 9.08. The Hall–Kier alpha value is -1.32. The predicted octanol–water partition coefficient (Wildman–Crippen LogP) is 2.36. The van der Waals surface area contributed by atoms with Crippen LogP contribution in [-0.2, 0) is 6.54 Å². The van der Waals surface area contributed by atoms with Gasteiger partial charge in [0.05, 0.1) is 12.1 Å². The molecule has 0 aliphatic carbocycles. The summed E-state index contributed by atoms with van der Waals surface area (Å²) in [6.45, 7) is 0.455. The lowest BCUT2D eigenvalue weighted by Gasteiger charge is -2.07. The molecule has 0 aliphatic heterocycles. The zero-order chi connectivity index (χ0) is 10.8. The quantitative estimate of drug-likeness (QED) is 0.849. The average Bonchev–Trinajstić information content (AvgIpc) is 2.29. The molecule has 0 unspecified atom stereocenters. The van der Waals surface area contributed by atoms with Crippen LogP contribution in [0.1, 0.15) is 5.56 Å². The van der Waals surface area contributed by atoms with E-state index in [1.165, 1.54) is 0 Å². The molecule has 15 heavy (non-hydrogen) atoms. The fourth-order valence-corrected chi connectivity index (χ4v) is 1.69. The maximum atomic E-state index is 6.08. The van der Waals surface area contributed by atoms with Crippen LogP contribution in [0.15, 0.2) is 24.4 Å². The summed E-state index contributed by atoms with van der Waals surface area (Å²) in [5, 5.41) is 1.53. The minimum Gasteiger partial charge on any atom is -0.494 e. The molecule has 0 atom stereocenters. The summed E-state index contributed by atoms with van der Waals surface area (Å²) in [6, 6.07) is 5.54. The van der Waals surface area contributed by atoms with Gasteiger partial charge in [-0.05, 0) is 23.8 Å². The molecule has 2 N–H and O–H groups in total. The molecule has 0 bridgehead atoms. The van der Waals surface area contributed by atoms with Gasteiger partial charge in [0.15, 0.2) is 0 Å². The van der Waals surface area contributed by atoms with Crippen molar-refractivity contribution in [1.29, 1.82) is 0 Å². The lowest BCUT2D eigenvalue weighted by atomic mass is 10.1. The molecule has 2 aromatic rings. The molecule has 0 saturated carbocycles. The molecule has 4 heteroatoms. The fraction of sp³-hybridized carbons (Fsp3) is 0.182. The van der Waals surface area contributed by atoms with E-state index in [2.05, 4.69) is 4.98 Å². The minimum atomic E-state index is 0.455. The van der Waals surface area contributed by atoms with Crippen molar-refractivity contribution in [3.8, 4) is 5.75 Å². The third kappa shape index (κ3) is 1.76. The molecule has 3 nitrogen and oxygen atoms in total. The van der Waals surface area contributed by atoms with Crippen LogP contribution < -0.4 is 10.5 Å². The van der Waals surface area contributed by atoms with E-state index < -0.39 is 0 Å². The van der Waals surface area contributed by atoms with Crippen molar-refractivity contribution in [1.82, 2.24) is 4.98 Å². The van der Waals surface area contributed by atoms with Gasteiger partial charge in [0.1, 0.15) is 11.3 Å². The van der Waals surface area contributed by atoms with Crippen LogP contribution in [0.4, 0.5) is 0 Å². The number of fused-ring (bicyclic) bond motifs is 1. The largest absolute Gasteiger partial charge is 0.494 e. The molecule has 0 aliphatic rings. The first-order chi connectivity index (χ1) is 7.26. The molecule has 0 radical (unpaired) electrons. The number of pyridine rings is 1. The van der Waals surface area contributed by atoms with E-state index in [1.807, 2.05) is 6.07 Å². The van der Waals surface area contributed by atoms with Gasteiger partial charge in [-0.2, -0.15) is 0 Å². The van der Waals surface area contributed by atoms with Crippen LogP contribution in [0.25, 0.3) is 10.9 Å². The highest BCUT2D eigenvalue weighted by Gasteiger charge is 2.06. The van der Waals surface area contributed by atoms with Crippen molar-refractivity contribution < 1.29 is 4.74 Å². The van der Waals surface area contributed by atoms with Gasteiger partial charge in [0.2, 0.25) is 0 Å². The van der Waals surface area contributed by atoms with Crippen molar-refractivity contribution in [2.75, 3.05) is 7.11 Å². The first-order valence-electron chi connectivity index (χ1n) is 4.57. The third-order valence-corrected chi connectivity index (χ3v) is 2.60. The second-order valence-electron chi connectivity index (χ2n) is 3.19. The van der Waals surface area contributed by atoms with E-state index in [0.717, 1.165) is 22.2 Å². The molecule has 0 amide bonds. The first kappa shape index (κ1) is 10.2. The molecule has 78 valence electrons. The van der Waals surface area contributed by atoms with Crippen molar-refractivity contribution in [3.63, 3.8) is 0 Å². The van der Waals surface area contributed by atoms with Gasteiger partial charge in [0.25, 0.3) is 0 Å². The Bertz CT molecular complexity index is 499. The lowest BCUT2D eigenvalue weighted by molar-refractivity contribution is 0.419. The summed E-state index contributed by atoms with van der Waals surface area (Å²) in [6.07, 6.45) is 1.74. The van der Waals surface area contributed by atoms with Gasteiger partial charge in [-0.15, -0.1) is 0 Å². The number of hydrogen-bond donors (Lipinski definition) is 1. The number of ether oxygens (including phenoxy) is 1. The van der Waals surface area contributed by atoms with Crippen molar-refractivity contribution >= 4 is 22.5 Å². The molecular weight excluding hydrogens is 212 g/mol. The standard InChI is InChI=1S/C11H11ClN2O/c1-15-10-3-2-9(12)8-4-7(5-13)6-14-11(8)10/h2-4,6H,5,13H2,1H3. The Morgan fingerprint density at radius 3 is 2.93 bits per heavy atom. The predicted molar refractivity (Wildman–Crippen MR) is 61.2 cm³/mol. The lowest BCUT2D eigenvalue weighted by Crippen LogP contribution is -1.97. The van der Waals surface area contributed by atoms with Crippen molar-refractivity contribution in [2.45, 2.75) is 6.54 Å². The second-order valence-corrected chi connectivity index (χ2v) is 3.60. The van der Waals surface area contributed by atoms with Crippen LogP contribution in [-0.4, -0.2) is 12.1 Å². The SMILES string of the molecule is COc1ccc(Cl)c2cc(CN)cnc12. The van der Waals surface area contributed by atoms with Crippen LogP contribution in [0.5, 0.6) is 5.75 Å². The summed E-state index contributed by atoms with van der Waals surface area (Å²) in [5.74, 6) is 0.720. The van der Waals surface area contributed by atoms with E-state index in [0.29, 0.717) is 11.6 Å². The molecule has 1 aromatic heterocycles. The second kappa shape index (κ2) is 4.04. The molecule has 0 saturated heterocycles. The van der Waals surface area contributed by atoms with E-state index >= 15 is 0 Å². The zero-order valence-electron chi connectivity index (χ0n) is 8.33. The Balaban J connectivity index is 2.75. The minimum absolute atomic E-state index is 0.455. The molecule has 0 spiro atoms. The molecule has 1 aromatic carbocycles. The number of nitrogens with two attached hydrogens (primary N) is 1. The molecule has 1 heterocycles. The summed E-state index contributed by atoms with van der Waals surface area (Å²) in [4.78, 5) is 4.29. The maximum Gasteiger partial charge on any atom is 0.145 e. The number of nitrogens with zero attached hydrogens (tertiary/aromatic N) is 1. The maximum absolute atomic E-state index is 6.08. The monoisotopic (exact) mass is 222 g/mol. The highest BCUT2D eigenvalue weighted by Crippen LogP contribution is 2.30. The molecule has 2 rings (SSSR count). The number of methoxy groups -OCH3 is 1. The molecule has 0 fully saturated rings. The fourth-order valence-electron chi connectivity index (χ4n) is 1.48.